The van der Waals surface area contributed by atoms with Crippen molar-refractivity contribution in [2.45, 2.75) is 40.2 Å². The number of benzene rings is 1. The van der Waals surface area contributed by atoms with Crippen molar-refractivity contribution < 1.29 is 14.3 Å². The molecule has 1 aromatic carbocycles. The van der Waals surface area contributed by atoms with Crippen LogP contribution < -0.4 is 4.90 Å². The molecule has 2 atom stereocenters. The fourth-order valence-electron chi connectivity index (χ4n) is 4.06. The summed E-state index contributed by atoms with van der Waals surface area (Å²) in [6.07, 6.45) is 0.827. The molecule has 3 heterocycles. The minimum Gasteiger partial charge on any atom is -0.465 e. The van der Waals surface area contributed by atoms with E-state index in [1.54, 1.807) is 23.2 Å². The summed E-state index contributed by atoms with van der Waals surface area (Å²) in [6.45, 7) is 8.79. The van der Waals surface area contributed by atoms with Crippen LogP contribution in [0.25, 0.3) is 11.0 Å². The molecule has 1 amide bonds. The Labute approximate surface area is 180 Å². The lowest BCUT2D eigenvalue weighted by atomic mass is 9.92. The van der Waals surface area contributed by atoms with Crippen LogP contribution in [0.15, 0.2) is 35.7 Å². The number of aryl methyl sites for hydroxylation is 1. The van der Waals surface area contributed by atoms with Gasteiger partial charge in [-0.2, -0.15) is 0 Å². The second-order valence-electron chi connectivity index (χ2n) is 8.09. The number of carbonyl (C=O) groups is 2. The Morgan fingerprint density at radius 1 is 1.27 bits per heavy atom. The van der Waals surface area contributed by atoms with E-state index in [4.69, 9.17) is 9.72 Å². The van der Waals surface area contributed by atoms with Crippen molar-refractivity contribution in [3.8, 4) is 0 Å². The van der Waals surface area contributed by atoms with Crippen molar-refractivity contribution in [3.05, 3.63) is 46.2 Å². The Bertz CT molecular complexity index is 1080. The average Bonchev–Trinajstić information content (AvgIpc) is 3.30. The Morgan fingerprint density at radius 3 is 2.70 bits per heavy atom. The summed E-state index contributed by atoms with van der Waals surface area (Å²) in [5, 5.41) is 2.00. The van der Waals surface area contributed by atoms with Crippen LogP contribution in [0.2, 0.25) is 0 Å². The molecule has 30 heavy (non-hydrogen) atoms. The van der Waals surface area contributed by atoms with Crippen LogP contribution >= 0.6 is 11.3 Å². The highest BCUT2D eigenvalue weighted by Gasteiger charge is 2.48. The number of para-hydroxylation sites is 2. The van der Waals surface area contributed by atoms with Gasteiger partial charge in [-0.15, -0.1) is 11.3 Å². The molecule has 0 N–H and O–H groups in total. The van der Waals surface area contributed by atoms with Gasteiger partial charge >= 0.3 is 5.97 Å². The predicted molar refractivity (Wildman–Crippen MR) is 119 cm³/mol. The number of imidazole rings is 1. The normalized spacial score (nSPS) is 18.8. The van der Waals surface area contributed by atoms with Crippen molar-refractivity contribution in [2.24, 2.45) is 11.8 Å². The maximum atomic E-state index is 13.7. The lowest BCUT2D eigenvalue weighted by molar-refractivity contribution is -0.153. The van der Waals surface area contributed by atoms with Gasteiger partial charge in [0.15, 0.2) is 5.92 Å². The Kier molecular flexibility index (Phi) is 5.64. The van der Waals surface area contributed by atoms with E-state index in [0.717, 1.165) is 27.9 Å². The molecule has 0 aliphatic carbocycles. The number of aromatic nitrogens is 2. The molecular weight excluding hydrogens is 398 g/mol. The Balaban J connectivity index is 1.96. The van der Waals surface area contributed by atoms with Gasteiger partial charge in [0.1, 0.15) is 0 Å². The summed E-state index contributed by atoms with van der Waals surface area (Å²) in [5.74, 6) is -0.596. The van der Waals surface area contributed by atoms with Gasteiger partial charge in [-0.3, -0.25) is 19.1 Å². The van der Waals surface area contributed by atoms with E-state index in [0.29, 0.717) is 18.4 Å². The molecule has 2 aromatic heterocycles. The number of anilines is 1. The van der Waals surface area contributed by atoms with E-state index in [1.807, 2.05) is 42.6 Å². The smallest absolute Gasteiger partial charge is 0.321 e. The zero-order valence-corrected chi connectivity index (χ0v) is 18.6. The van der Waals surface area contributed by atoms with Crippen LogP contribution in [-0.2, 0) is 14.3 Å². The number of ether oxygens (including phenoxy) is 1. The standard InChI is InChI=1S/C23H27N3O3S/c1-5-29-22(28)18-19(20-15(4)11-13-30-20)26-17-9-7-6-8-16(17)24-23(26)25(21(18)27)12-10-14(2)3/h6-9,11,13-14,18-19H,5,10,12H2,1-4H3/t18-,19+/m0/s1. The lowest BCUT2D eigenvalue weighted by Crippen LogP contribution is -2.50. The van der Waals surface area contributed by atoms with E-state index >= 15 is 0 Å². The molecule has 0 saturated heterocycles. The second-order valence-corrected chi connectivity index (χ2v) is 9.03. The monoisotopic (exact) mass is 425 g/mol. The molecule has 0 radical (unpaired) electrons. The first-order chi connectivity index (χ1) is 14.4. The number of hydrogen-bond donors (Lipinski definition) is 0. The van der Waals surface area contributed by atoms with Crippen molar-refractivity contribution in [1.82, 2.24) is 9.55 Å². The Morgan fingerprint density at radius 2 is 2.03 bits per heavy atom. The number of amides is 1. The number of nitrogens with zero attached hydrogens (tertiary/aromatic N) is 3. The second kappa shape index (κ2) is 8.22. The molecular formula is C23H27N3O3S. The van der Waals surface area contributed by atoms with Gasteiger partial charge in [-0.1, -0.05) is 26.0 Å². The number of rotatable bonds is 6. The van der Waals surface area contributed by atoms with Crippen molar-refractivity contribution in [3.63, 3.8) is 0 Å². The summed E-state index contributed by atoms with van der Waals surface area (Å²) >= 11 is 1.57. The van der Waals surface area contributed by atoms with Gasteiger partial charge in [0.25, 0.3) is 0 Å². The first kappa shape index (κ1) is 20.6. The molecule has 0 saturated carbocycles. The van der Waals surface area contributed by atoms with Gasteiger partial charge in [-0.05, 0) is 55.3 Å². The van der Waals surface area contributed by atoms with Gasteiger partial charge in [0.05, 0.1) is 23.7 Å². The molecule has 3 aromatic rings. The SMILES string of the molecule is CCOC(=O)[C@@H]1C(=O)N(CCC(C)C)c2nc3ccccc3n2[C@H]1c1sccc1C. The quantitative estimate of drug-likeness (QED) is 0.429. The van der Waals surface area contributed by atoms with Crippen LogP contribution in [0.4, 0.5) is 5.95 Å². The number of thiophene rings is 1. The summed E-state index contributed by atoms with van der Waals surface area (Å²) in [7, 11) is 0. The number of hydrogen-bond acceptors (Lipinski definition) is 5. The molecule has 7 heteroatoms. The lowest BCUT2D eigenvalue weighted by Gasteiger charge is -2.37. The maximum absolute atomic E-state index is 13.7. The summed E-state index contributed by atoms with van der Waals surface area (Å²) < 4.78 is 7.45. The van der Waals surface area contributed by atoms with E-state index < -0.39 is 17.9 Å². The zero-order valence-electron chi connectivity index (χ0n) is 17.8. The highest BCUT2D eigenvalue weighted by atomic mass is 32.1. The highest BCUT2D eigenvalue weighted by molar-refractivity contribution is 7.10. The molecule has 1 aliphatic rings. The van der Waals surface area contributed by atoms with Crippen molar-refractivity contribution in [1.29, 1.82) is 0 Å². The first-order valence-electron chi connectivity index (χ1n) is 10.4. The van der Waals surface area contributed by atoms with E-state index in [2.05, 4.69) is 18.4 Å². The van der Waals surface area contributed by atoms with Gasteiger partial charge < -0.3 is 4.74 Å². The fourth-order valence-corrected chi connectivity index (χ4v) is 5.12. The van der Waals surface area contributed by atoms with Crippen LogP contribution in [-0.4, -0.2) is 34.6 Å². The third kappa shape index (κ3) is 3.41. The minimum absolute atomic E-state index is 0.227. The van der Waals surface area contributed by atoms with Crippen LogP contribution in [0.1, 0.15) is 43.7 Å². The number of esters is 1. The topological polar surface area (TPSA) is 64.4 Å². The molecule has 0 bridgehead atoms. The molecule has 0 spiro atoms. The molecule has 4 rings (SSSR count). The maximum Gasteiger partial charge on any atom is 0.321 e. The van der Waals surface area contributed by atoms with Gasteiger partial charge in [-0.25, -0.2) is 4.98 Å². The third-order valence-electron chi connectivity index (χ3n) is 5.59. The molecule has 0 fully saturated rings. The van der Waals surface area contributed by atoms with Gasteiger partial charge in [0.2, 0.25) is 11.9 Å². The highest BCUT2D eigenvalue weighted by Crippen LogP contribution is 2.43. The summed E-state index contributed by atoms with van der Waals surface area (Å²) in [6, 6.07) is 9.41. The zero-order chi connectivity index (χ0) is 21.4. The molecule has 158 valence electrons. The molecule has 0 unspecified atom stereocenters. The van der Waals surface area contributed by atoms with Gasteiger partial charge in [0, 0.05) is 11.4 Å². The summed E-state index contributed by atoms with van der Waals surface area (Å²) in [4.78, 5) is 34.3. The molecule has 6 nitrogen and oxygen atoms in total. The van der Waals surface area contributed by atoms with Crippen LogP contribution in [0.3, 0.4) is 0 Å². The van der Waals surface area contributed by atoms with Crippen molar-refractivity contribution in [2.75, 3.05) is 18.1 Å². The van der Waals surface area contributed by atoms with Crippen LogP contribution in [0.5, 0.6) is 0 Å². The summed E-state index contributed by atoms with van der Waals surface area (Å²) in [5.41, 5.74) is 2.80. The number of carbonyl (C=O) groups excluding carboxylic acids is 2. The van der Waals surface area contributed by atoms with Crippen LogP contribution in [0, 0.1) is 18.8 Å². The Hall–Kier alpha value is -2.67. The first-order valence-corrected chi connectivity index (χ1v) is 11.3. The predicted octanol–water partition coefficient (Wildman–Crippen LogP) is 4.57. The number of fused-ring (bicyclic) bond motifs is 3. The average molecular weight is 426 g/mol. The fraction of sp³-hybridized carbons (Fsp3) is 0.435. The van der Waals surface area contributed by atoms with E-state index in [-0.39, 0.29) is 12.5 Å². The van der Waals surface area contributed by atoms with Crippen molar-refractivity contribution >= 4 is 40.2 Å². The minimum atomic E-state index is -0.931. The van der Waals surface area contributed by atoms with E-state index in [9.17, 15) is 9.59 Å². The molecule has 1 aliphatic heterocycles. The largest absolute Gasteiger partial charge is 0.465 e. The third-order valence-corrected chi connectivity index (χ3v) is 6.68. The van der Waals surface area contributed by atoms with E-state index in [1.165, 1.54) is 0 Å².